The topological polar surface area (TPSA) is 64.3 Å². The molecule has 0 spiro atoms. The Hall–Kier alpha value is -1.55. The Kier molecular flexibility index (Phi) is 5.36. The van der Waals surface area contributed by atoms with E-state index in [0.717, 1.165) is 11.3 Å². The normalized spacial score (nSPS) is 12.9. The number of para-hydroxylation sites is 1. The first-order valence-corrected chi connectivity index (χ1v) is 6.53. The van der Waals surface area contributed by atoms with Crippen molar-refractivity contribution in [1.82, 2.24) is 5.32 Å². The molecule has 4 nitrogen and oxygen atoms in total. The van der Waals surface area contributed by atoms with E-state index in [4.69, 9.17) is 10.5 Å². The second kappa shape index (κ2) is 6.57. The Morgan fingerprint density at radius 3 is 2.63 bits per heavy atom. The lowest BCUT2D eigenvalue weighted by Crippen LogP contribution is -2.49. The third-order valence-electron chi connectivity index (χ3n) is 3.15. The first-order chi connectivity index (χ1) is 8.89. The Labute approximate surface area is 115 Å². The second-order valence-corrected chi connectivity index (χ2v) is 5.48. The number of hydrogen-bond donors (Lipinski definition) is 2. The lowest BCUT2D eigenvalue weighted by molar-refractivity contribution is -0.122. The van der Waals surface area contributed by atoms with E-state index in [2.05, 4.69) is 5.32 Å². The minimum absolute atomic E-state index is 0.00820. The predicted octanol–water partition coefficient (Wildman–Crippen LogP) is 2.04. The van der Waals surface area contributed by atoms with Crippen LogP contribution in [0.4, 0.5) is 0 Å². The summed E-state index contributed by atoms with van der Waals surface area (Å²) in [7, 11) is 1.64. The third-order valence-corrected chi connectivity index (χ3v) is 3.15. The number of rotatable bonds is 6. The van der Waals surface area contributed by atoms with E-state index in [9.17, 15) is 4.79 Å². The van der Waals surface area contributed by atoms with E-state index in [1.807, 2.05) is 45.0 Å². The van der Waals surface area contributed by atoms with Gasteiger partial charge in [0.1, 0.15) is 5.75 Å². The summed E-state index contributed by atoms with van der Waals surface area (Å²) in [5, 5.41) is 2.94. The van der Waals surface area contributed by atoms with Gasteiger partial charge in [-0.2, -0.15) is 0 Å². The smallest absolute Gasteiger partial charge is 0.221 e. The standard InChI is InChI=1S/C15H24N2O2/c1-11(9-14(18)17-15(2,3)10-16)12-7-5-6-8-13(12)19-4/h5-8,11H,9-10,16H2,1-4H3,(H,17,18). The van der Waals surface area contributed by atoms with Crippen LogP contribution < -0.4 is 15.8 Å². The molecule has 4 heteroatoms. The van der Waals surface area contributed by atoms with Crippen LogP contribution in [0.1, 0.15) is 38.7 Å². The summed E-state index contributed by atoms with van der Waals surface area (Å²) < 4.78 is 5.32. The molecule has 1 aromatic carbocycles. The van der Waals surface area contributed by atoms with Gasteiger partial charge in [-0.05, 0) is 31.4 Å². The molecule has 106 valence electrons. The fourth-order valence-electron chi connectivity index (χ4n) is 1.94. The third kappa shape index (κ3) is 4.56. The molecule has 0 aliphatic rings. The zero-order chi connectivity index (χ0) is 14.5. The van der Waals surface area contributed by atoms with Crippen molar-refractivity contribution in [2.75, 3.05) is 13.7 Å². The quantitative estimate of drug-likeness (QED) is 0.826. The molecule has 0 bridgehead atoms. The van der Waals surface area contributed by atoms with Crippen molar-refractivity contribution >= 4 is 5.91 Å². The summed E-state index contributed by atoms with van der Waals surface area (Å²) in [5.41, 5.74) is 6.29. The zero-order valence-electron chi connectivity index (χ0n) is 12.2. The molecule has 0 aliphatic carbocycles. The van der Waals surface area contributed by atoms with Crippen molar-refractivity contribution in [3.8, 4) is 5.75 Å². The molecular formula is C15H24N2O2. The summed E-state index contributed by atoms with van der Waals surface area (Å²) >= 11 is 0. The fraction of sp³-hybridized carbons (Fsp3) is 0.533. The van der Waals surface area contributed by atoms with E-state index in [0.29, 0.717) is 13.0 Å². The molecule has 19 heavy (non-hydrogen) atoms. The Balaban J connectivity index is 2.69. The average molecular weight is 264 g/mol. The molecule has 1 unspecified atom stereocenters. The van der Waals surface area contributed by atoms with E-state index >= 15 is 0 Å². The summed E-state index contributed by atoms with van der Waals surface area (Å²) in [5.74, 6) is 0.930. The molecule has 1 aromatic rings. The van der Waals surface area contributed by atoms with Crippen molar-refractivity contribution < 1.29 is 9.53 Å². The number of nitrogens with one attached hydrogen (secondary N) is 1. The summed E-state index contributed by atoms with van der Waals surface area (Å²) in [6, 6.07) is 7.78. The number of methoxy groups -OCH3 is 1. The van der Waals surface area contributed by atoms with Crippen LogP contribution in [-0.2, 0) is 4.79 Å². The van der Waals surface area contributed by atoms with Crippen LogP contribution in [-0.4, -0.2) is 25.1 Å². The molecule has 3 N–H and O–H groups in total. The molecule has 1 amide bonds. The maximum absolute atomic E-state index is 12.0. The van der Waals surface area contributed by atoms with Crippen LogP contribution in [0.2, 0.25) is 0 Å². The summed E-state index contributed by atoms with van der Waals surface area (Å²) in [4.78, 5) is 12.0. The predicted molar refractivity (Wildman–Crippen MR) is 77.3 cm³/mol. The van der Waals surface area contributed by atoms with Gasteiger partial charge >= 0.3 is 0 Å². The van der Waals surface area contributed by atoms with E-state index in [1.54, 1.807) is 7.11 Å². The SMILES string of the molecule is COc1ccccc1C(C)CC(=O)NC(C)(C)CN. The largest absolute Gasteiger partial charge is 0.496 e. The number of carbonyl (C=O) groups is 1. The van der Waals surface area contributed by atoms with Crippen molar-refractivity contribution in [3.63, 3.8) is 0 Å². The highest BCUT2D eigenvalue weighted by Crippen LogP contribution is 2.28. The van der Waals surface area contributed by atoms with Crippen LogP contribution in [0.3, 0.4) is 0 Å². The highest BCUT2D eigenvalue weighted by atomic mass is 16.5. The average Bonchev–Trinajstić information content (AvgIpc) is 2.37. The van der Waals surface area contributed by atoms with Crippen LogP contribution in [0.5, 0.6) is 5.75 Å². The van der Waals surface area contributed by atoms with Crippen molar-refractivity contribution in [2.24, 2.45) is 5.73 Å². The molecule has 0 aliphatic heterocycles. The first-order valence-electron chi connectivity index (χ1n) is 6.53. The number of hydrogen-bond acceptors (Lipinski definition) is 3. The molecule has 0 heterocycles. The monoisotopic (exact) mass is 264 g/mol. The molecule has 0 radical (unpaired) electrons. The lowest BCUT2D eigenvalue weighted by atomic mass is 9.95. The minimum Gasteiger partial charge on any atom is -0.496 e. The second-order valence-electron chi connectivity index (χ2n) is 5.48. The fourth-order valence-corrected chi connectivity index (χ4v) is 1.94. The van der Waals surface area contributed by atoms with Gasteiger partial charge in [-0.1, -0.05) is 25.1 Å². The molecule has 1 rings (SSSR count). The van der Waals surface area contributed by atoms with Crippen LogP contribution in [0, 0.1) is 0 Å². The molecule has 0 saturated heterocycles. The van der Waals surface area contributed by atoms with E-state index < -0.39 is 0 Å². The van der Waals surface area contributed by atoms with Gasteiger partial charge in [-0.25, -0.2) is 0 Å². The van der Waals surface area contributed by atoms with E-state index in [1.165, 1.54) is 0 Å². The van der Waals surface area contributed by atoms with Crippen LogP contribution in [0.25, 0.3) is 0 Å². The maximum Gasteiger partial charge on any atom is 0.221 e. The zero-order valence-corrected chi connectivity index (χ0v) is 12.2. The lowest BCUT2D eigenvalue weighted by Gasteiger charge is -2.25. The van der Waals surface area contributed by atoms with Gasteiger partial charge in [-0.15, -0.1) is 0 Å². The first kappa shape index (κ1) is 15.5. The molecular weight excluding hydrogens is 240 g/mol. The van der Waals surface area contributed by atoms with Gasteiger partial charge in [0, 0.05) is 18.5 Å². The molecule has 0 saturated carbocycles. The van der Waals surface area contributed by atoms with Crippen molar-refractivity contribution in [2.45, 2.75) is 38.6 Å². The van der Waals surface area contributed by atoms with Gasteiger partial charge < -0.3 is 15.8 Å². The highest BCUT2D eigenvalue weighted by molar-refractivity contribution is 5.77. The number of carbonyl (C=O) groups excluding carboxylic acids is 1. The maximum atomic E-state index is 12.0. The van der Waals surface area contributed by atoms with Crippen LogP contribution >= 0.6 is 0 Å². The van der Waals surface area contributed by atoms with Gasteiger partial charge in [-0.3, -0.25) is 4.79 Å². The Bertz CT molecular complexity index is 430. The van der Waals surface area contributed by atoms with Gasteiger partial charge in [0.25, 0.3) is 0 Å². The van der Waals surface area contributed by atoms with Crippen LogP contribution in [0.15, 0.2) is 24.3 Å². The number of ether oxygens (including phenoxy) is 1. The van der Waals surface area contributed by atoms with Gasteiger partial charge in [0.15, 0.2) is 0 Å². The highest BCUT2D eigenvalue weighted by Gasteiger charge is 2.21. The van der Waals surface area contributed by atoms with Gasteiger partial charge in [0.2, 0.25) is 5.91 Å². The molecule has 0 aromatic heterocycles. The minimum atomic E-state index is -0.364. The van der Waals surface area contributed by atoms with Crippen molar-refractivity contribution in [1.29, 1.82) is 0 Å². The molecule has 1 atom stereocenters. The van der Waals surface area contributed by atoms with E-state index in [-0.39, 0.29) is 17.4 Å². The Morgan fingerprint density at radius 1 is 1.42 bits per heavy atom. The molecule has 0 fully saturated rings. The number of nitrogens with two attached hydrogens (primary N) is 1. The Morgan fingerprint density at radius 2 is 2.05 bits per heavy atom. The summed E-state index contributed by atoms with van der Waals surface area (Å²) in [6.07, 6.45) is 0.420. The number of amides is 1. The van der Waals surface area contributed by atoms with Crippen molar-refractivity contribution in [3.05, 3.63) is 29.8 Å². The van der Waals surface area contributed by atoms with Gasteiger partial charge in [0.05, 0.1) is 7.11 Å². The number of benzene rings is 1. The summed E-state index contributed by atoms with van der Waals surface area (Å²) in [6.45, 7) is 6.27.